The zero-order valence-electron chi connectivity index (χ0n) is 12.9. The van der Waals surface area contributed by atoms with Crippen LogP contribution < -0.4 is 10.6 Å². The second-order valence-corrected chi connectivity index (χ2v) is 6.60. The van der Waals surface area contributed by atoms with E-state index in [-0.39, 0.29) is 29.8 Å². The highest BCUT2D eigenvalue weighted by molar-refractivity contribution is 5.85. The van der Waals surface area contributed by atoms with Crippen LogP contribution in [0.4, 0.5) is 0 Å². The molecule has 4 nitrogen and oxygen atoms in total. The average Bonchev–Trinajstić information content (AvgIpc) is 2.47. The van der Waals surface area contributed by atoms with Crippen LogP contribution >= 0.6 is 12.4 Å². The van der Waals surface area contributed by atoms with Crippen molar-refractivity contribution in [2.45, 2.75) is 51.5 Å². The topological polar surface area (TPSA) is 44.4 Å². The Hall–Kier alpha value is -0.320. The third kappa shape index (κ3) is 4.90. The summed E-state index contributed by atoms with van der Waals surface area (Å²) in [4.78, 5) is 14.7. The molecule has 0 aromatic carbocycles. The third-order valence-electron chi connectivity index (χ3n) is 4.62. The van der Waals surface area contributed by atoms with Gasteiger partial charge in [0.25, 0.3) is 0 Å². The molecule has 20 heavy (non-hydrogen) atoms. The van der Waals surface area contributed by atoms with Gasteiger partial charge in [-0.15, -0.1) is 12.4 Å². The number of carbonyl (C=O) groups excluding carboxylic acids is 1. The van der Waals surface area contributed by atoms with Crippen LogP contribution in [0.5, 0.6) is 0 Å². The number of hydrogen-bond donors (Lipinski definition) is 2. The normalized spacial score (nSPS) is 22.1. The molecule has 2 rings (SSSR count). The third-order valence-corrected chi connectivity index (χ3v) is 4.62. The summed E-state index contributed by atoms with van der Waals surface area (Å²) in [5.41, 5.74) is 0.0863. The molecule has 2 heterocycles. The first-order valence-corrected chi connectivity index (χ1v) is 7.83. The van der Waals surface area contributed by atoms with E-state index in [1.807, 2.05) is 0 Å². The number of likely N-dealkylation sites (tertiary alicyclic amines) is 1. The molecule has 118 valence electrons. The Morgan fingerprint density at radius 2 is 1.80 bits per heavy atom. The van der Waals surface area contributed by atoms with E-state index in [2.05, 4.69) is 29.4 Å². The van der Waals surface area contributed by atoms with Crippen molar-refractivity contribution in [3.8, 4) is 0 Å². The van der Waals surface area contributed by atoms with Gasteiger partial charge in [0, 0.05) is 18.0 Å². The van der Waals surface area contributed by atoms with E-state index in [1.165, 1.54) is 32.4 Å². The van der Waals surface area contributed by atoms with Gasteiger partial charge in [0.05, 0.1) is 0 Å². The van der Waals surface area contributed by atoms with Gasteiger partial charge in [-0.1, -0.05) is 6.42 Å². The number of halogens is 1. The Balaban J connectivity index is 0.00000200. The number of amides is 1. The van der Waals surface area contributed by atoms with Gasteiger partial charge < -0.3 is 10.6 Å². The maximum atomic E-state index is 12.2. The van der Waals surface area contributed by atoms with Crippen molar-refractivity contribution in [2.24, 2.45) is 5.92 Å². The second-order valence-electron chi connectivity index (χ2n) is 6.60. The zero-order chi connectivity index (χ0) is 13.7. The van der Waals surface area contributed by atoms with E-state index in [4.69, 9.17) is 0 Å². The Bertz CT molecular complexity index is 297. The molecule has 0 radical (unpaired) electrons. The van der Waals surface area contributed by atoms with Crippen molar-refractivity contribution in [3.63, 3.8) is 0 Å². The van der Waals surface area contributed by atoms with Crippen LogP contribution in [-0.4, -0.2) is 49.1 Å². The van der Waals surface area contributed by atoms with Crippen LogP contribution in [0.25, 0.3) is 0 Å². The molecule has 2 saturated heterocycles. The lowest BCUT2D eigenvalue weighted by atomic mass is 9.95. The smallest absolute Gasteiger partial charge is 0.223 e. The highest BCUT2D eigenvalue weighted by Gasteiger charge is 2.29. The highest BCUT2D eigenvalue weighted by atomic mass is 35.5. The van der Waals surface area contributed by atoms with Gasteiger partial charge in [0.15, 0.2) is 0 Å². The van der Waals surface area contributed by atoms with Crippen molar-refractivity contribution in [3.05, 3.63) is 0 Å². The van der Waals surface area contributed by atoms with Gasteiger partial charge in [0.1, 0.15) is 0 Å². The SMILES string of the molecule is CC(C)(CNC(=O)C1CCNCC1)N1CCCCC1.Cl. The van der Waals surface area contributed by atoms with E-state index in [0.717, 1.165) is 32.5 Å². The number of piperidine rings is 2. The van der Waals surface area contributed by atoms with Crippen molar-refractivity contribution >= 4 is 18.3 Å². The maximum absolute atomic E-state index is 12.2. The van der Waals surface area contributed by atoms with Crippen molar-refractivity contribution < 1.29 is 4.79 Å². The van der Waals surface area contributed by atoms with E-state index in [1.54, 1.807) is 0 Å². The molecule has 0 aromatic rings. The first-order valence-electron chi connectivity index (χ1n) is 7.83. The van der Waals surface area contributed by atoms with Crippen molar-refractivity contribution in [1.82, 2.24) is 15.5 Å². The molecule has 2 aliphatic rings. The number of carbonyl (C=O) groups is 1. The minimum Gasteiger partial charge on any atom is -0.354 e. The molecule has 0 aromatic heterocycles. The number of nitrogens with zero attached hydrogens (tertiary/aromatic N) is 1. The van der Waals surface area contributed by atoms with Crippen molar-refractivity contribution in [1.29, 1.82) is 0 Å². The largest absolute Gasteiger partial charge is 0.354 e. The lowest BCUT2D eigenvalue weighted by Crippen LogP contribution is -2.54. The predicted octanol–water partition coefficient (Wildman–Crippen LogP) is 1.79. The fraction of sp³-hybridized carbons (Fsp3) is 0.933. The van der Waals surface area contributed by atoms with Gasteiger partial charge in [0.2, 0.25) is 5.91 Å². The Morgan fingerprint density at radius 3 is 2.40 bits per heavy atom. The number of rotatable bonds is 4. The predicted molar refractivity (Wildman–Crippen MR) is 85.4 cm³/mol. The monoisotopic (exact) mass is 303 g/mol. The first-order chi connectivity index (χ1) is 9.09. The summed E-state index contributed by atoms with van der Waals surface area (Å²) in [5, 5.41) is 6.49. The van der Waals surface area contributed by atoms with Crippen LogP contribution in [0, 0.1) is 5.92 Å². The molecule has 2 N–H and O–H groups in total. The van der Waals surface area contributed by atoms with Gasteiger partial charge in [-0.2, -0.15) is 0 Å². The zero-order valence-corrected chi connectivity index (χ0v) is 13.7. The minimum absolute atomic E-state index is 0. The molecule has 0 atom stereocenters. The molecular formula is C15H30ClN3O. The van der Waals surface area contributed by atoms with Crippen LogP contribution in [0.3, 0.4) is 0 Å². The van der Waals surface area contributed by atoms with E-state index in [9.17, 15) is 4.79 Å². The average molecular weight is 304 g/mol. The van der Waals surface area contributed by atoms with Gasteiger partial charge in [-0.25, -0.2) is 0 Å². The maximum Gasteiger partial charge on any atom is 0.223 e. The van der Waals surface area contributed by atoms with Gasteiger partial charge in [-0.05, 0) is 65.7 Å². The van der Waals surface area contributed by atoms with Crippen LogP contribution in [0.2, 0.25) is 0 Å². The summed E-state index contributed by atoms with van der Waals surface area (Å²) < 4.78 is 0. The Morgan fingerprint density at radius 1 is 1.20 bits per heavy atom. The summed E-state index contributed by atoms with van der Waals surface area (Å²) in [6, 6.07) is 0. The molecule has 0 unspecified atom stereocenters. The van der Waals surface area contributed by atoms with Crippen LogP contribution in [-0.2, 0) is 4.79 Å². The minimum atomic E-state index is 0. The molecular weight excluding hydrogens is 274 g/mol. The lowest BCUT2D eigenvalue weighted by Gasteiger charge is -2.41. The van der Waals surface area contributed by atoms with Crippen molar-refractivity contribution in [2.75, 3.05) is 32.7 Å². The fourth-order valence-electron chi connectivity index (χ4n) is 3.14. The van der Waals surface area contributed by atoms with Gasteiger partial charge in [-0.3, -0.25) is 9.69 Å². The summed E-state index contributed by atoms with van der Waals surface area (Å²) in [7, 11) is 0. The summed E-state index contributed by atoms with van der Waals surface area (Å²) >= 11 is 0. The highest BCUT2D eigenvalue weighted by Crippen LogP contribution is 2.20. The molecule has 2 fully saturated rings. The Labute approximate surface area is 129 Å². The number of hydrogen-bond acceptors (Lipinski definition) is 3. The first kappa shape index (κ1) is 17.7. The summed E-state index contributed by atoms with van der Waals surface area (Å²) in [6.45, 7) is 9.59. The molecule has 0 saturated carbocycles. The lowest BCUT2D eigenvalue weighted by molar-refractivity contribution is -0.126. The second kappa shape index (κ2) is 8.20. The van der Waals surface area contributed by atoms with E-state index >= 15 is 0 Å². The summed E-state index contributed by atoms with van der Waals surface area (Å²) in [5.74, 6) is 0.477. The molecule has 1 amide bonds. The molecule has 0 bridgehead atoms. The molecule has 5 heteroatoms. The fourth-order valence-corrected chi connectivity index (χ4v) is 3.14. The van der Waals surface area contributed by atoms with Gasteiger partial charge >= 0.3 is 0 Å². The molecule has 2 aliphatic heterocycles. The molecule has 0 spiro atoms. The van der Waals surface area contributed by atoms with E-state index in [0.29, 0.717) is 0 Å². The Kier molecular flexibility index (Phi) is 7.27. The summed E-state index contributed by atoms with van der Waals surface area (Å²) in [6.07, 6.45) is 5.91. The van der Waals surface area contributed by atoms with E-state index < -0.39 is 0 Å². The quantitative estimate of drug-likeness (QED) is 0.832. The standard InChI is InChI=1S/C15H29N3O.ClH/c1-15(2,18-10-4-3-5-11-18)12-17-14(19)13-6-8-16-9-7-13;/h13,16H,3-12H2,1-2H3,(H,17,19);1H. The van der Waals surface area contributed by atoms with Crippen LogP contribution in [0.1, 0.15) is 46.0 Å². The number of nitrogens with one attached hydrogen (secondary N) is 2. The van der Waals surface area contributed by atoms with Crippen LogP contribution in [0.15, 0.2) is 0 Å². The molecule has 0 aliphatic carbocycles.